The molecule has 0 spiro atoms. The normalized spacial score (nSPS) is 16.2. The van der Waals surface area contributed by atoms with E-state index in [0.29, 0.717) is 31.4 Å². The van der Waals surface area contributed by atoms with Gasteiger partial charge in [0.05, 0.1) is 17.1 Å². The molecule has 1 aromatic heterocycles. The second-order valence-electron chi connectivity index (χ2n) is 8.45. The number of nitrogens with one attached hydrogen (secondary N) is 2. The summed E-state index contributed by atoms with van der Waals surface area (Å²) in [5.41, 5.74) is 4.54. The van der Waals surface area contributed by atoms with E-state index in [0.717, 1.165) is 27.8 Å². The maximum atomic E-state index is 13.6. The molecule has 1 unspecified atom stereocenters. The van der Waals surface area contributed by atoms with Crippen LogP contribution in [0, 0.1) is 18.4 Å². The first-order valence-corrected chi connectivity index (χ1v) is 11.5. The number of aryl methyl sites for hydroxylation is 1. The molecule has 2 heterocycles. The van der Waals surface area contributed by atoms with Gasteiger partial charge < -0.3 is 20.1 Å². The number of hydrogen-bond acceptors (Lipinski definition) is 4. The van der Waals surface area contributed by atoms with E-state index in [1.165, 1.54) is 0 Å². The Bertz CT molecular complexity index is 1390. The van der Waals surface area contributed by atoms with Crippen molar-refractivity contribution in [1.82, 2.24) is 19.8 Å². The number of imidazole rings is 1. The standard InChI is InChI=1S/C27H25N7O/c1-19-9-5-6-12-21(19)32-27(29-18-28)33-15-16-34(24(17-33)20-10-3-2-4-11-20)26(35)25-30-22-13-7-8-14-23(22)31-25/h2-14,24H,15-17H2,1H3,(H,29,32)(H,30,31). The third-order valence-corrected chi connectivity index (χ3v) is 6.26. The lowest BCUT2D eigenvalue weighted by Crippen LogP contribution is -2.54. The molecule has 0 bridgehead atoms. The van der Waals surface area contributed by atoms with Gasteiger partial charge >= 0.3 is 0 Å². The quantitative estimate of drug-likeness (QED) is 0.268. The Balaban J connectivity index is 1.45. The molecule has 1 saturated heterocycles. The van der Waals surface area contributed by atoms with Crippen molar-refractivity contribution in [3.05, 3.63) is 95.8 Å². The minimum absolute atomic E-state index is 0.152. The van der Waals surface area contributed by atoms with E-state index in [-0.39, 0.29) is 11.9 Å². The van der Waals surface area contributed by atoms with Gasteiger partial charge in [0.25, 0.3) is 5.91 Å². The number of benzene rings is 3. The Hall–Kier alpha value is -4.64. The van der Waals surface area contributed by atoms with Crippen LogP contribution >= 0.6 is 0 Å². The Kier molecular flexibility index (Phi) is 6.14. The van der Waals surface area contributed by atoms with E-state index < -0.39 is 0 Å². The van der Waals surface area contributed by atoms with Crippen molar-refractivity contribution in [3.8, 4) is 6.19 Å². The maximum absolute atomic E-state index is 13.6. The molecule has 8 nitrogen and oxygen atoms in total. The predicted molar refractivity (Wildman–Crippen MR) is 136 cm³/mol. The number of piperazine rings is 1. The first-order chi connectivity index (χ1) is 17.1. The summed E-state index contributed by atoms with van der Waals surface area (Å²) >= 11 is 0. The summed E-state index contributed by atoms with van der Waals surface area (Å²) in [7, 11) is 0. The Morgan fingerprint density at radius 1 is 1.06 bits per heavy atom. The lowest BCUT2D eigenvalue weighted by molar-refractivity contribution is 0.0539. The summed E-state index contributed by atoms with van der Waals surface area (Å²) < 4.78 is 0. The number of hydrogen-bond donors (Lipinski definition) is 2. The summed E-state index contributed by atoms with van der Waals surface area (Å²) in [5, 5.41) is 12.7. The largest absolute Gasteiger partial charge is 0.338 e. The molecular weight excluding hydrogens is 438 g/mol. The lowest BCUT2D eigenvalue weighted by atomic mass is 10.0. The van der Waals surface area contributed by atoms with E-state index in [1.54, 1.807) is 0 Å². The smallest absolute Gasteiger partial charge is 0.290 e. The summed E-state index contributed by atoms with van der Waals surface area (Å²) in [6.45, 7) is 3.46. The molecule has 1 fully saturated rings. The van der Waals surface area contributed by atoms with Gasteiger partial charge in [0.15, 0.2) is 5.82 Å². The molecule has 174 valence electrons. The van der Waals surface area contributed by atoms with Gasteiger partial charge in [-0.25, -0.2) is 4.98 Å². The van der Waals surface area contributed by atoms with Crippen LogP contribution in [0.2, 0.25) is 0 Å². The van der Waals surface area contributed by atoms with Crippen LogP contribution in [0.1, 0.15) is 27.8 Å². The third kappa shape index (κ3) is 4.57. The van der Waals surface area contributed by atoms with Gasteiger partial charge in [-0.1, -0.05) is 60.7 Å². The van der Waals surface area contributed by atoms with Gasteiger partial charge in [-0.05, 0) is 36.2 Å². The van der Waals surface area contributed by atoms with E-state index in [2.05, 4.69) is 20.3 Å². The molecule has 1 atom stereocenters. The molecule has 8 heteroatoms. The molecular formula is C27H25N7O. The highest BCUT2D eigenvalue weighted by atomic mass is 16.2. The number of carbonyl (C=O) groups is 1. The number of aromatic nitrogens is 2. The van der Waals surface area contributed by atoms with E-state index in [4.69, 9.17) is 0 Å². The maximum Gasteiger partial charge on any atom is 0.290 e. The van der Waals surface area contributed by atoms with Crippen LogP contribution in [0.15, 0.2) is 83.9 Å². The number of nitriles is 1. The molecule has 0 radical (unpaired) electrons. The summed E-state index contributed by atoms with van der Waals surface area (Å²) in [6, 6.07) is 25.2. The molecule has 1 amide bonds. The topological polar surface area (TPSA) is 100 Å². The molecule has 35 heavy (non-hydrogen) atoms. The van der Waals surface area contributed by atoms with Crippen LogP contribution in [0.5, 0.6) is 0 Å². The number of guanidine groups is 1. The van der Waals surface area contributed by atoms with Crippen molar-refractivity contribution < 1.29 is 4.79 Å². The van der Waals surface area contributed by atoms with Gasteiger partial charge in [0.1, 0.15) is 0 Å². The van der Waals surface area contributed by atoms with Gasteiger partial charge in [0, 0.05) is 25.3 Å². The second-order valence-corrected chi connectivity index (χ2v) is 8.45. The predicted octanol–water partition coefficient (Wildman–Crippen LogP) is 4.32. The summed E-state index contributed by atoms with van der Waals surface area (Å²) in [6.07, 6.45) is 1.92. The molecule has 4 aromatic rings. The van der Waals surface area contributed by atoms with E-state index in [1.807, 2.05) is 102 Å². The number of nitrogens with zero attached hydrogens (tertiary/aromatic N) is 5. The van der Waals surface area contributed by atoms with Crippen molar-refractivity contribution in [1.29, 1.82) is 5.26 Å². The third-order valence-electron chi connectivity index (χ3n) is 6.26. The number of para-hydroxylation sites is 3. The summed E-state index contributed by atoms with van der Waals surface area (Å²) in [5.74, 6) is 0.642. The van der Waals surface area contributed by atoms with Crippen LogP contribution in [0.25, 0.3) is 11.0 Å². The van der Waals surface area contributed by atoms with Crippen molar-refractivity contribution in [3.63, 3.8) is 0 Å². The van der Waals surface area contributed by atoms with Gasteiger partial charge in [-0.3, -0.25) is 4.79 Å². The highest BCUT2D eigenvalue weighted by Gasteiger charge is 2.34. The highest BCUT2D eigenvalue weighted by Crippen LogP contribution is 2.28. The number of carbonyl (C=O) groups excluding carboxylic acids is 1. The van der Waals surface area contributed by atoms with Gasteiger partial charge in [-0.2, -0.15) is 5.26 Å². The minimum Gasteiger partial charge on any atom is -0.338 e. The van der Waals surface area contributed by atoms with Crippen LogP contribution in [0.4, 0.5) is 5.69 Å². The van der Waals surface area contributed by atoms with Crippen molar-refractivity contribution in [2.75, 3.05) is 25.0 Å². The molecule has 0 saturated carbocycles. The number of anilines is 1. The molecule has 2 N–H and O–H groups in total. The minimum atomic E-state index is -0.242. The Morgan fingerprint density at radius 3 is 2.57 bits per heavy atom. The summed E-state index contributed by atoms with van der Waals surface area (Å²) in [4.78, 5) is 29.3. The van der Waals surface area contributed by atoms with Crippen LogP contribution in [-0.4, -0.2) is 51.3 Å². The fraction of sp³-hybridized carbons (Fsp3) is 0.185. The monoisotopic (exact) mass is 463 g/mol. The zero-order valence-corrected chi connectivity index (χ0v) is 19.3. The number of H-pyrrole nitrogens is 1. The van der Waals surface area contributed by atoms with Crippen LogP contribution < -0.4 is 5.32 Å². The van der Waals surface area contributed by atoms with Crippen molar-refractivity contribution in [2.24, 2.45) is 4.99 Å². The molecule has 1 aliphatic heterocycles. The zero-order chi connectivity index (χ0) is 24.2. The number of rotatable bonds is 3. The molecule has 1 aliphatic rings. The average Bonchev–Trinajstić information content (AvgIpc) is 3.34. The highest BCUT2D eigenvalue weighted by molar-refractivity contribution is 5.96. The fourth-order valence-corrected chi connectivity index (χ4v) is 4.43. The molecule has 3 aromatic carbocycles. The van der Waals surface area contributed by atoms with E-state index in [9.17, 15) is 10.1 Å². The Labute approximate surface area is 203 Å². The van der Waals surface area contributed by atoms with Gasteiger partial charge in [0.2, 0.25) is 12.2 Å². The first kappa shape index (κ1) is 22.2. The van der Waals surface area contributed by atoms with Crippen LogP contribution in [-0.2, 0) is 0 Å². The zero-order valence-electron chi connectivity index (χ0n) is 19.3. The fourth-order valence-electron chi connectivity index (χ4n) is 4.43. The van der Waals surface area contributed by atoms with Crippen molar-refractivity contribution >= 4 is 28.6 Å². The second kappa shape index (κ2) is 9.69. The lowest BCUT2D eigenvalue weighted by Gasteiger charge is -2.42. The molecule has 5 rings (SSSR count). The average molecular weight is 464 g/mol. The number of amides is 1. The first-order valence-electron chi connectivity index (χ1n) is 11.5. The van der Waals surface area contributed by atoms with Gasteiger partial charge in [-0.15, -0.1) is 4.99 Å². The van der Waals surface area contributed by atoms with E-state index >= 15 is 0 Å². The van der Waals surface area contributed by atoms with Crippen molar-refractivity contribution in [2.45, 2.75) is 13.0 Å². The number of fused-ring (bicyclic) bond motifs is 1. The Morgan fingerprint density at radius 2 is 1.80 bits per heavy atom. The molecule has 0 aliphatic carbocycles. The van der Waals surface area contributed by atoms with Crippen LogP contribution in [0.3, 0.4) is 0 Å². The SMILES string of the molecule is Cc1ccccc1N/C(=N/C#N)N1CCN(C(=O)c2nc3ccccc3[nH]2)C(c2ccccc2)C1. The number of aromatic amines is 1. The number of aliphatic imine (C=N–C) groups is 1.